The van der Waals surface area contributed by atoms with Gasteiger partial charge in [-0.15, -0.1) is 0 Å². The third-order valence-electron chi connectivity index (χ3n) is 5.56. The minimum Gasteiger partial charge on any atom is -0.497 e. The van der Waals surface area contributed by atoms with Crippen LogP contribution in [0.4, 0.5) is 10.1 Å². The summed E-state index contributed by atoms with van der Waals surface area (Å²) in [4.78, 5) is 0.00848. The highest BCUT2D eigenvalue weighted by molar-refractivity contribution is 7.92. The second-order valence-electron chi connectivity index (χ2n) is 7.86. The molecule has 1 atom stereocenters. The van der Waals surface area contributed by atoms with Crippen molar-refractivity contribution in [3.8, 4) is 5.75 Å². The van der Waals surface area contributed by atoms with Gasteiger partial charge < -0.3 is 4.74 Å². The second-order valence-corrected chi connectivity index (χ2v) is 11.7. The van der Waals surface area contributed by atoms with Crippen molar-refractivity contribution in [2.24, 2.45) is 5.10 Å². The van der Waals surface area contributed by atoms with Crippen LogP contribution in [0.5, 0.6) is 5.75 Å². The number of hydrazone groups is 1. The Bertz CT molecular complexity index is 1470. The van der Waals surface area contributed by atoms with E-state index < -0.39 is 31.9 Å². The van der Waals surface area contributed by atoms with E-state index in [-0.39, 0.29) is 17.1 Å². The van der Waals surface area contributed by atoms with Gasteiger partial charge in [-0.05, 0) is 66.6 Å². The van der Waals surface area contributed by atoms with E-state index in [2.05, 4.69) is 9.82 Å². The lowest BCUT2D eigenvalue weighted by Crippen LogP contribution is -2.27. The molecule has 4 rings (SSSR count). The van der Waals surface area contributed by atoms with Crippen molar-refractivity contribution in [3.05, 3.63) is 89.7 Å². The van der Waals surface area contributed by atoms with Crippen molar-refractivity contribution in [3.63, 3.8) is 0 Å². The molecule has 1 N–H and O–H groups in total. The molecule has 0 unspecified atom stereocenters. The maximum absolute atomic E-state index is 14.0. The Morgan fingerprint density at radius 1 is 1.03 bits per heavy atom. The molecular weight excluding hydrogens is 493 g/mol. The molecule has 35 heavy (non-hydrogen) atoms. The van der Waals surface area contributed by atoms with Crippen molar-refractivity contribution in [1.82, 2.24) is 4.41 Å². The van der Waals surface area contributed by atoms with Crippen molar-refractivity contribution < 1.29 is 26.0 Å². The summed E-state index contributed by atoms with van der Waals surface area (Å²) in [6.45, 7) is 1.53. The molecule has 0 spiro atoms. The van der Waals surface area contributed by atoms with E-state index in [1.165, 1.54) is 56.5 Å². The van der Waals surface area contributed by atoms with E-state index in [9.17, 15) is 21.2 Å². The van der Waals surface area contributed by atoms with Crippen LogP contribution in [0, 0.1) is 5.82 Å². The topological polar surface area (TPSA) is 105 Å². The first kappa shape index (κ1) is 24.7. The Morgan fingerprint density at radius 2 is 1.74 bits per heavy atom. The molecule has 11 heteroatoms. The lowest BCUT2D eigenvalue weighted by molar-refractivity contribution is 0.370. The zero-order valence-corrected chi connectivity index (χ0v) is 20.7. The van der Waals surface area contributed by atoms with E-state index in [0.29, 0.717) is 28.3 Å². The number of halogens is 1. The van der Waals surface area contributed by atoms with Crippen LogP contribution in [0.25, 0.3) is 0 Å². The molecule has 0 aromatic heterocycles. The van der Waals surface area contributed by atoms with Gasteiger partial charge in [-0.1, -0.05) is 24.3 Å². The predicted octanol–water partition coefficient (Wildman–Crippen LogP) is 4.14. The normalized spacial score (nSPS) is 16.1. The van der Waals surface area contributed by atoms with E-state index >= 15 is 0 Å². The van der Waals surface area contributed by atoms with Crippen molar-refractivity contribution in [1.29, 1.82) is 0 Å². The molecule has 0 amide bonds. The molecule has 0 saturated carbocycles. The number of anilines is 1. The fourth-order valence-corrected chi connectivity index (χ4v) is 5.78. The molecule has 1 aliphatic rings. The summed E-state index contributed by atoms with van der Waals surface area (Å²) in [6, 6.07) is 17.4. The molecule has 0 saturated heterocycles. The summed E-state index contributed by atoms with van der Waals surface area (Å²) < 4.78 is 73.7. The van der Waals surface area contributed by atoms with Gasteiger partial charge in [0.1, 0.15) is 11.6 Å². The first-order valence-corrected chi connectivity index (χ1v) is 13.8. The predicted molar refractivity (Wildman–Crippen MR) is 132 cm³/mol. The Labute approximate surface area is 204 Å². The summed E-state index contributed by atoms with van der Waals surface area (Å²) in [5, 5.41) is 4.43. The number of nitrogens with zero attached hydrogens (tertiary/aromatic N) is 2. The highest BCUT2D eigenvalue weighted by atomic mass is 32.2. The lowest BCUT2D eigenvalue weighted by Gasteiger charge is -2.23. The molecule has 1 heterocycles. The molecule has 0 radical (unpaired) electrons. The number of benzene rings is 3. The number of rotatable bonds is 8. The molecule has 184 valence electrons. The van der Waals surface area contributed by atoms with Crippen LogP contribution in [-0.2, 0) is 20.0 Å². The average Bonchev–Trinajstić information content (AvgIpc) is 3.31. The number of methoxy groups -OCH3 is 1. The van der Waals surface area contributed by atoms with Gasteiger partial charge in [0.15, 0.2) is 0 Å². The molecule has 1 aliphatic heterocycles. The Kier molecular flexibility index (Phi) is 6.82. The molecule has 0 aliphatic carbocycles. The van der Waals surface area contributed by atoms with Gasteiger partial charge in [-0.25, -0.2) is 12.8 Å². The quantitative estimate of drug-likeness (QED) is 0.484. The largest absolute Gasteiger partial charge is 0.497 e. The third kappa shape index (κ3) is 5.30. The second kappa shape index (κ2) is 9.67. The fourth-order valence-electron chi connectivity index (χ4n) is 3.72. The van der Waals surface area contributed by atoms with Gasteiger partial charge in [-0.3, -0.25) is 4.72 Å². The summed E-state index contributed by atoms with van der Waals surface area (Å²) in [5.41, 5.74) is 1.76. The molecule has 8 nitrogen and oxygen atoms in total. The van der Waals surface area contributed by atoms with Gasteiger partial charge >= 0.3 is 0 Å². The van der Waals surface area contributed by atoms with E-state index in [4.69, 9.17) is 4.74 Å². The number of ether oxygens (including phenoxy) is 1. The molecule has 0 fully saturated rings. The zero-order chi connectivity index (χ0) is 25.2. The minimum atomic E-state index is -4.10. The summed E-state index contributed by atoms with van der Waals surface area (Å²) >= 11 is 0. The molecule has 3 aromatic carbocycles. The minimum absolute atomic E-state index is 0.00848. The third-order valence-corrected chi connectivity index (χ3v) is 8.56. The Balaban J connectivity index is 1.76. The Hall–Kier alpha value is -3.44. The van der Waals surface area contributed by atoms with Crippen LogP contribution in [0.1, 0.15) is 30.5 Å². The van der Waals surface area contributed by atoms with Crippen LogP contribution in [0.2, 0.25) is 0 Å². The number of hydrogen-bond donors (Lipinski definition) is 1. The van der Waals surface area contributed by atoms with Gasteiger partial charge in [0.2, 0.25) is 10.0 Å². The number of nitrogens with one attached hydrogen (secondary N) is 1. The van der Waals surface area contributed by atoms with Crippen molar-refractivity contribution in [2.45, 2.75) is 24.3 Å². The SMILES string of the molecule is CCS(=O)(=O)Nc1cccc(C2=NN(S(=O)(=O)c3ccc(OC)cc3)[C@H](c3cccc(F)c3)C2)c1. The highest BCUT2D eigenvalue weighted by Crippen LogP contribution is 2.38. The maximum Gasteiger partial charge on any atom is 0.279 e. The smallest absolute Gasteiger partial charge is 0.279 e. The summed E-state index contributed by atoms with van der Waals surface area (Å²) in [7, 11) is -6.12. The van der Waals surface area contributed by atoms with Crippen LogP contribution in [-0.4, -0.2) is 39.8 Å². The highest BCUT2D eigenvalue weighted by Gasteiger charge is 2.38. The van der Waals surface area contributed by atoms with Crippen molar-refractivity contribution in [2.75, 3.05) is 17.6 Å². The molecular formula is C24H24FN3O5S2. The first-order chi connectivity index (χ1) is 16.6. The van der Waals surface area contributed by atoms with Crippen LogP contribution in [0.15, 0.2) is 82.8 Å². The Morgan fingerprint density at radius 3 is 2.40 bits per heavy atom. The number of hydrogen-bond acceptors (Lipinski definition) is 6. The van der Waals surface area contributed by atoms with Crippen molar-refractivity contribution >= 4 is 31.4 Å². The average molecular weight is 518 g/mol. The van der Waals surface area contributed by atoms with Gasteiger partial charge in [0.05, 0.1) is 29.5 Å². The standard InChI is InChI=1S/C24H24FN3O5S2/c1-3-34(29,30)27-20-9-5-6-17(15-20)23-16-24(18-7-4-8-19(25)14-18)28(26-23)35(31,32)22-12-10-21(33-2)11-13-22/h4-15,24,27H,3,16H2,1-2H3/t24-/m0/s1. The van der Waals surface area contributed by atoms with Gasteiger partial charge in [0.25, 0.3) is 10.0 Å². The zero-order valence-electron chi connectivity index (χ0n) is 19.0. The van der Waals surface area contributed by atoms with Crippen LogP contribution >= 0.6 is 0 Å². The molecule has 3 aromatic rings. The van der Waals surface area contributed by atoms with Crippen LogP contribution in [0.3, 0.4) is 0 Å². The lowest BCUT2D eigenvalue weighted by atomic mass is 9.99. The van der Waals surface area contributed by atoms with E-state index in [1.54, 1.807) is 30.3 Å². The van der Waals surface area contributed by atoms with Gasteiger partial charge in [-0.2, -0.15) is 17.9 Å². The summed E-state index contributed by atoms with van der Waals surface area (Å²) in [5.74, 6) is -0.0791. The number of sulfonamides is 2. The van der Waals surface area contributed by atoms with E-state index in [0.717, 1.165) is 4.41 Å². The van der Waals surface area contributed by atoms with Crippen LogP contribution < -0.4 is 9.46 Å². The first-order valence-electron chi connectivity index (χ1n) is 10.8. The monoisotopic (exact) mass is 517 g/mol. The maximum atomic E-state index is 14.0. The molecule has 0 bridgehead atoms. The van der Waals surface area contributed by atoms with Gasteiger partial charge in [0, 0.05) is 12.1 Å². The summed E-state index contributed by atoms with van der Waals surface area (Å²) in [6.07, 6.45) is 0.169. The fraction of sp³-hybridized carbons (Fsp3) is 0.208. The van der Waals surface area contributed by atoms with E-state index in [1.807, 2.05) is 0 Å².